The van der Waals surface area contributed by atoms with Gasteiger partial charge in [-0.2, -0.15) is 0 Å². The van der Waals surface area contributed by atoms with Crippen molar-refractivity contribution in [2.45, 2.75) is 45.6 Å². The van der Waals surface area contributed by atoms with E-state index in [-0.39, 0.29) is 0 Å². The van der Waals surface area contributed by atoms with Gasteiger partial charge in [0.05, 0.1) is 6.61 Å². The van der Waals surface area contributed by atoms with Gasteiger partial charge in [0.1, 0.15) is 11.5 Å². The van der Waals surface area contributed by atoms with Gasteiger partial charge < -0.3 is 24.8 Å². The maximum absolute atomic E-state index is 5.90. The molecule has 32 heavy (non-hydrogen) atoms. The lowest BCUT2D eigenvalue weighted by atomic mass is 9.83. The number of guanidine groups is 1. The molecule has 1 aromatic heterocycles. The largest absolute Gasteiger partial charge is 0.494 e. The van der Waals surface area contributed by atoms with Crippen LogP contribution in [0, 0.1) is 5.41 Å². The number of pyridine rings is 1. The van der Waals surface area contributed by atoms with Crippen LogP contribution in [0.25, 0.3) is 0 Å². The number of aliphatic imine (C=N–C) groups is 1. The van der Waals surface area contributed by atoms with Crippen molar-refractivity contribution < 1.29 is 14.2 Å². The minimum Gasteiger partial charge on any atom is -0.494 e. The minimum absolute atomic E-state index is 0.309. The van der Waals surface area contributed by atoms with Crippen LogP contribution in [-0.4, -0.2) is 44.9 Å². The number of benzene rings is 1. The molecular formula is C25H36N4O3. The van der Waals surface area contributed by atoms with Crippen LogP contribution in [0.2, 0.25) is 0 Å². The van der Waals surface area contributed by atoms with Crippen LogP contribution in [0.3, 0.4) is 0 Å². The molecule has 1 heterocycles. The summed E-state index contributed by atoms with van der Waals surface area (Å²) in [6, 6.07) is 11.5. The van der Waals surface area contributed by atoms with Crippen LogP contribution in [0.4, 0.5) is 0 Å². The molecule has 1 saturated carbocycles. The van der Waals surface area contributed by atoms with Crippen LogP contribution in [0.15, 0.2) is 47.6 Å². The number of hydrogen-bond acceptors (Lipinski definition) is 5. The van der Waals surface area contributed by atoms with Gasteiger partial charge in [-0.05, 0) is 67.5 Å². The van der Waals surface area contributed by atoms with Gasteiger partial charge >= 0.3 is 0 Å². The molecule has 0 bridgehead atoms. The van der Waals surface area contributed by atoms with E-state index in [1.807, 2.05) is 43.3 Å². The van der Waals surface area contributed by atoms with E-state index in [4.69, 9.17) is 14.2 Å². The first-order valence-electron chi connectivity index (χ1n) is 11.5. The second-order valence-electron chi connectivity index (χ2n) is 8.24. The number of methoxy groups -OCH3 is 1. The van der Waals surface area contributed by atoms with Gasteiger partial charge in [0.2, 0.25) is 5.88 Å². The second kappa shape index (κ2) is 12.3. The quantitative estimate of drug-likeness (QED) is 0.395. The molecule has 2 N–H and O–H groups in total. The molecule has 0 unspecified atom stereocenters. The van der Waals surface area contributed by atoms with Gasteiger partial charge in [-0.15, -0.1) is 0 Å². The van der Waals surface area contributed by atoms with Crippen molar-refractivity contribution in [3.8, 4) is 17.4 Å². The Labute approximate surface area is 191 Å². The second-order valence-corrected chi connectivity index (χ2v) is 8.24. The van der Waals surface area contributed by atoms with Crippen LogP contribution >= 0.6 is 0 Å². The summed E-state index contributed by atoms with van der Waals surface area (Å²) in [5.41, 5.74) is 1.38. The normalized spacial score (nSPS) is 15.4. The molecule has 1 aliphatic carbocycles. The molecule has 174 valence electrons. The Morgan fingerprint density at radius 1 is 1.09 bits per heavy atom. The molecule has 1 fully saturated rings. The van der Waals surface area contributed by atoms with Crippen LogP contribution in [0.5, 0.6) is 17.4 Å². The monoisotopic (exact) mass is 440 g/mol. The lowest BCUT2D eigenvalue weighted by molar-refractivity contribution is 0.138. The van der Waals surface area contributed by atoms with Crippen molar-refractivity contribution in [1.29, 1.82) is 0 Å². The SMILES string of the molecule is CCOc1ccc(Oc2cc(CNC(=NC)NCC3(CCOC)CCCC3)ccn2)cc1. The Hall–Kier alpha value is -2.80. The van der Waals surface area contributed by atoms with Gasteiger partial charge in [0.25, 0.3) is 0 Å². The van der Waals surface area contributed by atoms with E-state index in [2.05, 4.69) is 20.6 Å². The summed E-state index contributed by atoms with van der Waals surface area (Å²) in [4.78, 5) is 8.72. The first-order chi connectivity index (χ1) is 15.7. The summed E-state index contributed by atoms with van der Waals surface area (Å²) >= 11 is 0. The topological polar surface area (TPSA) is 77.0 Å². The fourth-order valence-electron chi connectivity index (χ4n) is 4.14. The summed E-state index contributed by atoms with van der Waals surface area (Å²) in [7, 11) is 3.58. The molecule has 1 aliphatic rings. The highest BCUT2D eigenvalue weighted by molar-refractivity contribution is 5.79. The van der Waals surface area contributed by atoms with Crippen molar-refractivity contribution in [3.63, 3.8) is 0 Å². The predicted octanol–water partition coefficient (Wildman–Crippen LogP) is 4.53. The smallest absolute Gasteiger partial charge is 0.219 e. The first-order valence-corrected chi connectivity index (χ1v) is 11.5. The van der Waals surface area contributed by atoms with Crippen molar-refractivity contribution in [1.82, 2.24) is 15.6 Å². The molecule has 0 atom stereocenters. The molecule has 0 radical (unpaired) electrons. The fraction of sp³-hybridized carbons (Fsp3) is 0.520. The predicted molar refractivity (Wildman–Crippen MR) is 128 cm³/mol. The number of hydrogen-bond donors (Lipinski definition) is 2. The number of rotatable bonds is 11. The molecule has 7 nitrogen and oxygen atoms in total. The molecule has 1 aromatic carbocycles. The highest BCUT2D eigenvalue weighted by atomic mass is 16.5. The number of nitrogens with one attached hydrogen (secondary N) is 2. The number of ether oxygens (including phenoxy) is 3. The summed E-state index contributed by atoms with van der Waals surface area (Å²) in [5, 5.41) is 6.93. The van der Waals surface area contributed by atoms with Gasteiger partial charge in [0.15, 0.2) is 5.96 Å². The lowest BCUT2D eigenvalue weighted by Crippen LogP contribution is -2.43. The summed E-state index contributed by atoms with van der Waals surface area (Å²) in [6.07, 6.45) is 7.94. The molecule has 0 spiro atoms. The van der Waals surface area contributed by atoms with E-state index in [1.54, 1.807) is 20.4 Å². The zero-order chi connectivity index (χ0) is 22.7. The maximum Gasteiger partial charge on any atom is 0.219 e. The van der Waals surface area contributed by atoms with E-state index in [0.717, 1.165) is 42.6 Å². The molecular weight excluding hydrogens is 404 g/mol. The zero-order valence-electron chi connectivity index (χ0n) is 19.5. The molecule has 0 saturated heterocycles. The molecule has 3 rings (SSSR count). The summed E-state index contributed by atoms with van der Waals surface area (Å²) < 4.78 is 16.7. The standard InChI is InChI=1S/C25H36N4O3/c1-4-31-21-7-9-22(10-8-21)32-23-17-20(11-15-27-23)18-28-24(26-2)29-19-25(14-16-30-3)12-5-6-13-25/h7-11,15,17H,4-6,12-14,16,18-19H2,1-3H3,(H2,26,28,29). The van der Waals surface area contributed by atoms with Gasteiger partial charge in [-0.1, -0.05) is 12.8 Å². The summed E-state index contributed by atoms with van der Waals surface area (Å²) in [6.45, 7) is 4.96. The first kappa shape index (κ1) is 23.9. The van der Waals surface area contributed by atoms with E-state index < -0.39 is 0 Å². The Morgan fingerprint density at radius 2 is 1.84 bits per heavy atom. The van der Waals surface area contributed by atoms with Crippen LogP contribution in [-0.2, 0) is 11.3 Å². The van der Waals surface area contributed by atoms with Crippen LogP contribution < -0.4 is 20.1 Å². The van der Waals surface area contributed by atoms with Gasteiger partial charge in [-0.3, -0.25) is 4.99 Å². The number of aromatic nitrogens is 1. The summed E-state index contributed by atoms with van der Waals surface area (Å²) in [5.74, 6) is 2.91. The third kappa shape index (κ3) is 7.12. The average molecular weight is 441 g/mol. The molecule has 7 heteroatoms. The van der Waals surface area contributed by atoms with E-state index in [0.29, 0.717) is 24.4 Å². The van der Waals surface area contributed by atoms with Gasteiger partial charge in [-0.25, -0.2) is 4.98 Å². The lowest BCUT2D eigenvalue weighted by Gasteiger charge is -2.30. The highest BCUT2D eigenvalue weighted by Gasteiger charge is 2.33. The average Bonchev–Trinajstić information content (AvgIpc) is 3.29. The Bertz CT molecular complexity index is 849. The Kier molecular flexibility index (Phi) is 9.16. The minimum atomic E-state index is 0.309. The fourth-order valence-corrected chi connectivity index (χ4v) is 4.14. The Morgan fingerprint density at radius 3 is 2.53 bits per heavy atom. The Balaban J connectivity index is 1.52. The van der Waals surface area contributed by atoms with Gasteiger partial charge in [0, 0.05) is 46.1 Å². The van der Waals surface area contributed by atoms with Crippen molar-refractivity contribution in [2.24, 2.45) is 10.4 Å². The molecule has 2 aromatic rings. The van der Waals surface area contributed by atoms with Crippen LogP contribution in [0.1, 0.15) is 44.6 Å². The highest BCUT2D eigenvalue weighted by Crippen LogP contribution is 2.40. The third-order valence-electron chi connectivity index (χ3n) is 5.97. The van der Waals surface area contributed by atoms with E-state index in [1.165, 1.54) is 25.7 Å². The molecule has 0 amide bonds. The van der Waals surface area contributed by atoms with E-state index >= 15 is 0 Å². The zero-order valence-corrected chi connectivity index (χ0v) is 19.5. The number of nitrogens with zero attached hydrogens (tertiary/aromatic N) is 2. The maximum atomic E-state index is 5.90. The van der Waals surface area contributed by atoms with Crippen molar-refractivity contribution >= 4 is 5.96 Å². The van der Waals surface area contributed by atoms with E-state index in [9.17, 15) is 0 Å². The van der Waals surface area contributed by atoms with Crippen molar-refractivity contribution in [2.75, 3.05) is 33.9 Å². The van der Waals surface area contributed by atoms with Crippen molar-refractivity contribution in [3.05, 3.63) is 48.2 Å². The molecule has 0 aliphatic heterocycles. The third-order valence-corrected chi connectivity index (χ3v) is 5.97.